The van der Waals surface area contributed by atoms with E-state index in [1.54, 1.807) is 7.05 Å². The third kappa shape index (κ3) is 9.03. The quantitative estimate of drug-likeness (QED) is 0.301. The summed E-state index contributed by atoms with van der Waals surface area (Å²) in [5.74, 6) is 0.778. The minimum atomic E-state index is 0. The van der Waals surface area contributed by atoms with Crippen molar-refractivity contribution >= 4 is 35.8 Å². The second kappa shape index (κ2) is 11.9. The average molecular weight is 455 g/mol. The maximum absolute atomic E-state index is 11.6. The zero-order valence-corrected chi connectivity index (χ0v) is 18.0. The first kappa shape index (κ1) is 23.4. The van der Waals surface area contributed by atoms with E-state index >= 15 is 0 Å². The summed E-state index contributed by atoms with van der Waals surface area (Å²) in [5.41, 5.74) is 0.0242. The Labute approximate surface area is 163 Å². The van der Waals surface area contributed by atoms with E-state index in [1.807, 2.05) is 13.8 Å². The van der Waals surface area contributed by atoms with Crippen molar-refractivity contribution in [2.75, 3.05) is 46.4 Å². The van der Waals surface area contributed by atoms with Gasteiger partial charge in [0.25, 0.3) is 0 Å². The molecule has 0 bridgehead atoms. The highest BCUT2D eigenvalue weighted by atomic mass is 127. The van der Waals surface area contributed by atoms with Crippen LogP contribution in [0.5, 0.6) is 0 Å². The van der Waals surface area contributed by atoms with Gasteiger partial charge in [0.05, 0.1) is 13.2 Å². The van der Waals surface area contributed by atoms with Gasteiger partial charge in [-0.2, -0.15) is 0 Å². The van der Waals surface area contributed by atoms with Crippen molar-refractivity contribution in [1.29, 1.82) is 0 Å². The molecule has 0 aromatic rings. The van der Waals surface area contributed by atoms with Gasteiger partial charge >= 0.3 is 0 Å². The molecule has 1 amide bonds. The van der Waals surface area contributed by atoms with Crippen molar-refractivity contribution in [2.45, 2.75) is 45.7 Å². The van der Waals surface area contributed by atoms with Crippen LogP contribution in [0, 0.1) is 0 Å². The summed E-state index contributed by atoms with van der Waals surface area (Å²) >= 11 is 0. The van der Waals surface area contributed by atoms with Gasteiger partial charge in [-0.25, -0.2) is 0 Å². The Bertz CT molecular complexity index is 396. The number of aliphatic imine (C=N–C) groups is 1. The summed E-state index contributed by atoms with van der Waals surface area (Å²) in [6.45, 7) is 13.2. The molecule has 1 aliphatic rings. The Hall–Kier alpha value is -0.610. The molecule has 24 heavy (non-hydrogen) atoms. The lowest BCUT2D eigenvalue weighted by molar-refractivity contribution is -0.121. The van der Waals surface area contributed by atoms with Gasteiger partial charge in [-0.15, -0.1) is 24.0 Å². The lowest BCUT2D eigenvalue weighted by Crippen LogP contribution is -2.56. The topological polar surface area (TPSA) is 78.0 Å². The Kier molecular flexibility index (Phi) is 11.6. The Balaban J connectivity index is 0.00000529. The van der Waals surface area contributed by atoms with Gasteiger partial charge in [0, 0.05) is 51.2 Å². The number of morpholine rings is 1. The minimum Gasteiger partial charge on any atom is -0.379 e. The monoisotopic (exact) mass is 455 g/mol. The van der Waals surface area contributed by atoms with Crippen LogP contribution in [0.2, 0.25) is 0 Å². The smallest absolute Gasteiger partial charge is 0.221 e. The molecule has 8 heteroatoms. The highest BCUT2D eigenvalue weighted by Crippen LogP contribution is 2.14. The number of hydrogen-bond donors (Lipinski definition) is 3. The molecule has 0 aromatic carbocycles. The average Bonchev–Trinajstić information content (AvgIpc) is 2.50. The zero-order chi connectivity index (χ0) is 17.3. The molecular formula is C16H34IN5O2. The molecule has 0 aliphatic carbocycles. The molecule has 0 aromatic heterocycles. The van der Waals surface area contributed by atoms with Crippen molar-refractivity contribution in [2.24, 2.45) is 4.99 Å². The molecule has 1 aliphatic heterocycles. The predicted octanol–water partition coefficient (Wildman–Crippen LogP) is 0.795. The van der Waals surface area contributed by atoms with Crippen molar-refractivity contribution in [1.82, 2.24) is 20.9 Å². The predicted molar refractivity (Wildman–Crippen MR) is 109 cm³/mol. The fourth-order valence-corrected chi connectivity index (χ4v) is 2.49. The first-order chi connectivity index (χ1) is 10.8. The van der Waals surface area contributed by atoms with Gasteiger partial charge in [-0.3, -0.25) is 14.7 Å². The molecule has 0 saturated carbocycles. The lowest BCUT2D eigenvalue weighted by atomic mass is 10.0. The van der Waals surface area contributed by atoms with Crippen LogP contribution in [0.4, 0.5) is 0 Å². The van der Waals surface area contributed by atoms with Crippen LogP contribution in [0.15, 0.2) is 4.99 Å². The van der Waals surface area contributed by atoms with Crippen LogP contribution in [0.25, 0.3) is 0 Å². The molecule has 0 unspecified atom stereocenters. The van der Waals surface area contributed by atoms with E-state index in [9.17, 15) is 4.79 Å². The van der Waals surface area contributed by atoms with E-state index in [0.717, 1.165) is 38.8 Å². The maximum atomic E-state index is 11.6. The molecule has 0 spiro atoms. The number of amides is 1. The van der Waals surface area contributed by atoms with E-state index < -0.39 is 0 Å². The summed E-state index contributed by atoms with van der Waals surface area (Å²) in [6.07, 6.45) is 0.436. The Morgan fingerprint density at radius 2 is 1.88 bits per heavy atom. The van der Waals surface area contributed by atoms with E-state index in [0.29, 0.717) is 13.0 Å². The molecule has 0 radical (unpaired) electrons. The van der Waals surface area contributed by atoms with Crippen LogP contribution in [-0.4, -0.2) is 74.8 Å². The lowest BCUT2D eigenvalue weighted by Gasteiger charge is -2.41. The summed E-state index contributed by atoms with van der Waals surface area (Å²) < 4.78 is 5.41. The van der Waals surface area contributed by atoms with Crippen LogP contribution >= 0.6 is 24.0 Å². The summed E-state index contributed by atoms with van der Waals surface area (Å²) in [5, 5.41) is 9.41. The normalized spacial score (nSPS) is 16.5. The molecular weight excluding hydrogens is 421 g/mol. The molecule has 0 atom stereocenters. The number of nitrogens with zero attached hydrogens (tertiary/aromatic N) is 2. The van der Waals surface area contributed by atoms with E-state index in [1.165, 1.54) is 0 Å². The fraction of sp³-hybridized carbons (Fsp3) is 0.875. The van der Waals surface area contributed by atoms with Gasteiger partial charge in [-0.05, 0) is 27.7 Å². The SMILES string of the molecule is CN=C(NCCC(=O)NC(C)C)NCC(C)(C)N1CCOCC1.I. The van der Waals surface area contributed by atoms with Gasteiger partial charge in [0.2, 0.25) is 5.91 Å². The zero-order valence-electron chi connectivity index (χ0n) is 15.6. The molecule has 1 heterocycles. The second-order valence-electron chi connectivity index (χ2n) is 6.74. The number of carbonyl (C=O) groups excluding carboxylic acids is 1. The Morgan fingerprint density at radius 3 is 2.42 bits per heavy atom. The number of nitrogens with one attached hydrogen (secondary N) is 3. The summed E-state index contributed by atoms with van der Waals surface area (Å²) in [7, 11) is 1.74. The van der Waals surface area contributed by atoms with Gasteiger partial charge < -0.3 is 20.7 Å². The molecule has 3 N–H and O–H groups in total. The van der Waals surface area contributed by atoms with Crippen LogP contribution in [-0.2, 0) is 9.53 Å². The highest BCUT2D eigenvalue weighted by molar-refractivity contribution is 14.0. The standard InChI is InChI=1S/C16H33N5O2.HI/c1-13(2)20-14(22)6-7-18-15(17-5)19-12-16(3,4)21-8-10-23-11-9-21;/h13H,6-12H2,1-5H3,(H,20,22)(H2,17,18,19);1H. The third-order valence-electron chi connectivity index (χ3n) is 3.87. The minimum absolute atomic E-state index is 0. The highest BCUT2D eigenvalue weighted by Gasteiger charge is 2.28. The molecule has 1 rings (SSSR count). The van der Waals surface area contributed by atoms with Crippen molar-refractivity contribution in [3.05, 3.63) is 0 Å². The van der Waals surface area contributed by atoms with E-state index in [2.05, 4.69) is 39.7 Å². The van der Waals surface area contributed by atoms with Crippen LogP contribution < -0.4 is 16.0 Å². The van der Waals surface area contributed by atoms with Gasteiger partial charge in [-0.1, -0.05) is 0 Å². The molecule has 142 valence electrons. The molecule has 1 saturated heterocycles. The van der Waals surface area contributed by atoms with Crippen LogP contribution in [0.1, 0.15) is 34.1 Å². The summed E-state index contributed by atoms with van der Waals surface area (Å²) in [4.78, 5) is 18.3. The number of guanidine groups is 1. The van der Waals surface area contributed by atoms with Crippen molar-refractivity contribution < 1.29 is 9.53 Å². The van der Waals surface area contributed by atoms with E-state index in [-0.39, 0.29) is 41.5 Å². The van der Waals surface area contributed by atoms with Gasteiger partial charge in [0.15, 0.2) is 5.96 Å². The Morgan fingerprint density at radius 1 is 1.25 bits per heavy atom. The third-order valence-corrected chi connectivity index (χ3v) is 3.87. The first-order valence-electron chi connectivity index (χ1n) is 8.42. The number of hydrogen-bond acceptors (Lipinski definition) is 4. The second-order valence-corrected chi connectivity index (χ2v) is 6.74. The molecule has 1 fully saturated rings. The van der Waals surface area contributed by atoms with Gasteiger partial charge in [0.1, 0.15) is 0 Å². The summed E-state index contributed by atoms with van der Waals surface area (Å²) in [6, 6.07) is 0.175. The number of ether oxygens (including phenoxy) is 1. The van der Waals surface area contributed by atoms with E-state index in [4.69, 9.17) is 4.74 Å². The van der Waals surface area contributed by atoms with Crippen molar-refractivity contribution in [3.8, 4) is 0 Å². The first-order valence-corrected chi connectivity index (χ1v) is 8.42. The number of rotatable bonds is 7. The number of carbonyl (C=O) groups is 1. The maximum Gasteiger partial charge on any atom is 0.221 e. The largest absolute Gasteiger partial charge is 0.379 e. The number of halogens is 1. The van der Waals surface area contributed by atoms with Crippen molar-refractivity contribution in [3.63, 3.8) is 0 Å². The fourth-order valence-electron chi connectivity index (χ4n) is 2.49. The van der Waals surface area contributed by atoms with Crippen LogP contribution in [0.3, 0.4) is 0 Å². The molecule has 7 nitrogen and oxygen atoms in total.